The summed E-state index contributed by atoms with van der Waals surface area (Å²) in [5.74, 6) is 1.53. The number of nitrogens with one attached hydrogen (secondary N) is 2. The molecule has 2 aromatic carbocycles. The molecule has 0 bridgehead atoms. The lowest BCUT2D eigenvalue weighted by atomic mass is 10.1. The number of carbonyl (C=O) groups excluding carboxylic acids is 1. The number of carbonyl (C=O) groups is 1. The number of methoxy groups -OCH3 is 1. The molecule has 23 heavy (non-hydrogen) atoms. The SMILES string of the molecule is COc1ccc(OCCNc2cccc(NC(C)=O)c2C)cc1. The normalized spacial score (nSPS) is 10.0. The molecule has 0 unspecified atom stereocenters. The average Bonchev–Trinajstić information content (AvgIpc) is 2.55. The fourth-order valence-electron chi connectivity index (χ4n) is 2.18. The highest BCUT2D eigenvalue weighted by Crippen LogP contribution is 2.23. The highest BCUT2D eigenvalue weighted by molar-refractivity contribution is 5.90. The largest absolute Gasteiger partial charge is 0.497 e. The molecule has 2 aromatic rings. The molecule has 0 atom stereocenters. The van der Waals surface area contributed by atoms with Gasteiger partial charge in [-0.1, -0.05) is 6.07 Å². The number of anilines is 2. The van der Waals surface area contributed by atoms with Gasteiger partial charge < -0.3 is 20.1 Å². The van der Waals surface area contributed by atoms with Crippen molar-refractivity contribution in [2.24, 2.45) is 0 Å². The standard InChI is InChI=1S/C18H22N2O3/c1-13-17(5-4-6-18(13)20-14(2)21)19-11-12-23-16-9-7-15(22-3)8-10-16/h4-10,19H,11-12H2,1-3H3,(H,20,21). The van der Waals surface area contributed by atoms with E-state index in [1.807, 2.05) is 49.4 Å². The molecule has 0 fully saturated rings. The second-order valence-electron chi connectivity index (χ2n) is 5.11. The number of amides is 1. The van der Waals surface area contributed by atoms with E-state index in [4.69, 9.17) is 9.47 Å². The molecule has 1 amide bonds. The second kappa shape index (κ2) is 8.08. The van der Waals surface area contributed by atoms with Crippen molar-refractivity contribution < 1.29 is 14.3 Å². The first-order chi connectivity index (χ1) is 11.1. The Balaban J connectivity index is 1.85. The predicted molar refractivity (Wildman–Crippen MR) is 92.5 cm³/mol. The summed E-state index contributed by atoms with van der Waals surface area (Å²) in [6, 6.07) is 13.3. The molecule has 0 spiro atoms. The molecular weight excluding hydrogens is 292 g/mol. The minimum Gasteiger partial charge on any atom is -0.497 e. The van der Waals surface area contributed by atoms with Crippen LogP contribution in [0.2, 0.25) is 0 Å². The third-order valence-electron chi connectivity index (χ3n) is 3.39. The topological polar surface area (TPSA) is 59.6 Å². The highest BCUT2D eigenvalue weighted by Gasteiger charge is 2.04. The van der Waals surface area contributed by atoms with Crippen LogP contribution in [-0.4, -0.2) is 26.2 Å². The van der Waals surface area contributed by atoms with Gasteiger partial charge in [0.05, 0.1) is 7.11 Å². The molecule has 0 radical (unpaired) electrons. The first-order valence-corrected chi connectivity index (χ1v) is 7.48. The van der Waals surface area contributed by atoms with E-state index in [1.54, 1.807) is 7.11 Å². The summed E-state index contributed by atoms with van der Waals surface area (Å²) in [6.07, 6.45) is 0. The molecule has 0 aliphatic heterocycles. The Morgan fingerprint density at radius 2 is 1.70 bits per heavy atom. The highest BCUT2D eigenvalue weighted by atomic mass is 16.5. The molecule has 0 aliphatic carbocycles. The van der Waals surface area contributed by atoms with Gasteiger partial charge in [-0.25, -0.2) is 0 Å². The summed E-state index contributed by atoms with van der Waals surface area (Å²) in [5.41, 5.74) is 2.81. The number of rotatable bonds is 7. The lowest BCUT2D eigenvalue weighted by molar-refractivity contribution is -0.114. The Kier molecular flexibility index (Phi) is 5.86. The average molecular weight is 314 g/mol. The summed E-state index contributed by atoms with van der Waals surface area (Å²) in [4.78, 5) is 11.2. The lowest BCUT2D eigenvalue weighted by Crippen LogP contribution is -2.13. The van der Waals surface area contributed by atoms with E-state index in [-0.39, 0.29) is 5.91 Å². The van der Waals surface area contributed by atoms with E-state index in [2.05, 4.69) is 10.6 Å². The first kappa shape index (κ1) is 16.7. The maximum Gasteiger partial charge on any atom is 0.221 e. The minimum atomic E-state index is -0.0758. The van der Waals surface area contributed by atoms with E-state index in [0.29, 0.717) is 13.2 Å². The molecule has 0 aliphatic rings. The summed E-state index contributed by atoms with van der Waals surface area (Å²) < 4.78 is 10.8. The van der Waals surface area contributed by atoms with Gasteiger partial charge in [0.1, 0.15) is 18.1 Å². The summed E-state index contributed by atoms with van der Waals surface area (Å²) >= 11 is 0. The van der Waals surface area contributed by atoms with Crippen molar-refractivity contribution >= 4 is 17.3 Å². The summed E-state index contributed by atoms with van der Waals surface area (Å²) in [6.45, 7) is 4.67. The Labute approximate surface area is 136 Å². The monoisotopic (exact) mass is 314 g/mol. The van der Waals surface area contributed by atoms with Crippen LogP contribution in [0.4, 0.5) is 11.4 Å². The zero-order valence-corrected chi connectivity index (χ0v) is 13.7. The van der Waals surface area contributed by atoms with E-state index >= 15 is 0 Å². The Morgan fingerprint density at radius 1 is 1.04 bits per heavy atom. The number of benzene rings is 2. The van der Waals surface area contributed by atoms with E-state index < -0.39 is 0 Å². The van der Waals surface area contributed by atoms with E-state index in [0.717, 1.165) is 28.4 Å². The van der Waals surface area contributed by atoms with Crippen molar-refractivity contribution in [1.29, 1.82) is 0 Å². The van der Waals surface area contributed by atoms with Gasteiger partial charge in [0, 0.05) is 24.8 Å². The van der Waals surface area contributed by atoms with Crippen molar-refractivity contribution in [2.75, 3.05) is 30.9 Å². The van der Waals surface area contributed by atoms with Gasteiger partial charge in [0.25, 0.3) is 0 Å². The van der Waals surface area contributed by atoms with Crippen molar-refractivity contribution in [3.8, 4) is 11.5 Å². The van der Waals surface area contributed by atoms with Crippen LogP contribution in [0.5, 0.6) is 11.5 Å². The lowest BCUT2D eigenvalue weighted by Gasteiger charge is -2.14. The minimum absolute atomic E-state index is 0.0758. The summed E-state index contributed by atoms with van der Waals surface area (Å²) in [5, 5.41) is 6.14. The molecule has 0 heterocycles. The number of hydrogen-bond acceptors (Lipinski definition) is 4. The quantitative estimate of drug-likeness (QED) is 0.769. The van der Waals surface area contributed by atoms with Crippen LogP contribution in [0, 0.1) is 6.92 Å². The van der Waals surface area contributed by atoms with Crippen molar-refractivity contribution in [3.63, 3.8) is 0 Å². The van der Waals surface area contributed by atoms with E-state index in [9.17, 15) is 4.79 Å². The fourth-order valence-corrected chi connectivity index (χ4v) is 2.18. The van der Waals surface area contributed by atoms with Crippen LogP contribution in [0.1, 0.15) is 12.5 Å². The van der Waals surface area contributed by atoms with Crippen LogP contribution in [-0.2, 0) is 4.79 Å². The van der Waals surface area contributed by atoms with Gasteiger partial charge in [0.15, 0.2) is 0 Å². The van der Waals surface area contributed by atoms with Gasteiger partial charge in [-0.05, 0) is 48.9 Å². The maximum absolute atomic E-state index is 11.2. The van der Waals surface area contributed by atoms with Crippen LogP contribution < -0.4 is 20.1 Å². The number of hydrogen-bond donors (Lipinski definition) is 2. The molecule has 0 saturated carbocycles. The third-order valence-corrected chi connectivity index (χ3v) is 3.39. The van der Waals surface area contributed by atoms with Crippen molar-refractivity contribution in [1.82, 2.24) is 0 Å². The van der Waals surface area contributed by atoms with Crippen molar-refractivity contribution in [3.05, 3.63) is 48.0 Å². The predicted octanol–water partition coefficient (Wildman–Crippen LogP) is 3.45. The maximum atomic E-state index is 11.2. The van der Waals surface area contributed by atoms with Crippen LogP contribution in [0.15, 0.2) is 42.5 Å². The smallest absolute Gasteiger partial charge is 0.221 e. The first-order valence-electron chi connectivity index (χ1n) is 7.48. The van der Waals surface area contributed by atoms with Gasteiger partial charge in [-0.2, -0.15) is 0 Å². The van der Waals surface area contributed by atoms with Crippen LogP contribution in [0.25, 0.3) is 0 Å². The fraction of sp³-hybridized carbons (Fsp3) is 0.278. The molecule has 0 saturated heterocycles. The third kappa shape index (κ3) is 4.92. The molecular formula is C18H22N2O3. The zero-order valence-electron chi connectivity index (χ0n) is 13.7. The Bertz CT molecular complexity index is 654. The number of ether oxygens (including phenoxy) is 2. The zero-order chi connectivity index (χ0) is 16.7. The van der Waals surface area contributed by atoms with E-state index in [1.165, 1.54) is 6.92 Å². The second-order valence-corrected chi connectivity index (χ2v) is 5.11. The van der Waals surface area contributed by atoms with Gasteiger partial charge >= 0.3 is 0 Å². The van der Waals surface area contributed by atoms with Gasteiger partial charge in [-0.15, -0.1) is 0 Å². The Morgan fingerprint density at radius 3 is 2.35 bits per heavy atom. The molecule has 2 rings (SSSR count). The Hall–Kier alpha value is -2.69. The molecule has 0 aromatic heterocycles. The van der Waals surface area contributed by atoms with Gasteiger partial charge in [0.2, 0.25) is 5.91 Å². The van der Waals surface area contributed by atoms with Crippen LogP contribution in [0.3, 0.4) is 0 Å². The summed E-state index contributed by atoms with van der Waals surface area (Å²) in [7, 11) is 1.64. The molecule has 122 valence electrons. The molecule has 5 heteroatoms. The van der Waals surface area contributed by atoms with Crippen molar-refractivity contribution in [2.45, 2.75) is 13.8 Å². The molecule has 2 N–H and O–H groups in total. The van der Waals surface area contributed by atoms with Crippen LogP contribution >= 0.6 is 0 Å². The van der Waals surface area contributed by atoms with Gasteiger partial charge in [-0.3, -0.25) is 4.79 Å². The molecule has 5 nitrogen and oxygen atoms in total.